The number of benzene rings is 2. The Morgan fingerprint density at radius 1 is 1.21 bits per heavy atom. The predicted octanol–water partition coefficient (Wildman–Crippen LogP) is 4.81. The highest BCUT2D eigenvalue weighted by Gasteiger charge is 2.19. The van der Waals surface area contributed by atoms with Gasteiger partial charge >= 0.3 is 0 Å². The van der Waals surface area contributed by atoms with E-state index in [4.69, 9.17) is 11.6 Å². The van der Waals surface area contributed by atoms with Crippen LogP contribution in [0.2, 0.25) is 5.02 Å². The Hall–Kier alpha value is -3.56. The van der Waals surface area contributed by atoms with E-state index in [0.29, 0.717) is 21.5 Å². The second kappa shape index (κ2) is 7.82. The Kier molecular flexibility index (Phi) is 5.07. The molecule has 0 aliphatic heterocycles. The normalized spacial score (nSPS) is 10.7. The SMILES string of the molecule is O=C(Nc1nc(-c2ccc(Cl)cc2)cs1)c1ccc(-n2ccnc2)c([N+](=O)[O-])c1. The molecule has 29 heavy (non-hydrogen) atoms. The number of anilines is 1. The summed E-state index contributed by atoms with van der Waals surface area (Å²) in [6.45, 7) is 0. The van der Waals surface area contributed by atoms with Crippen LogP contribution in [0.3, 0.4) is 0 Å². The van der Waals surface area contributed by atoms with E-state index in [2.05, 4.69) is 15.3 Å². The van der Waals surface area contributed by atoms with E-state index in [9.17, 15) is 14.9 Å². The molecule has 4 aromatic rings. The summed E-state index contributed by atoms with van der Waals surface area (Å²) < 4.78 is 1.51. The lowest BCUT2D eigenvalue weighted by molar-refractivity contribution is -0.384. The molecule has 0 saturated heterocycles. The van der Waals surface area contributed by atoms with E-state index in [1.165, 1.54) is 46.6 Å². The zero-order valence-electron chi connectivity index (χ0n) is 14.7. The third kappa shape index (κ3) is 4.00. The first kappa shape index (κ1) is 18.8. The largest absolute Gasteiger partial charge is 0.300 e. The minimum atomic E-state index is -0.534. The van der Waals surface area contributed by atoms with E-state index in [1.807, 2.05) is 17.5 Å². The number of carbonyl (C=O) groups is 1. The molecule has 0 saturated carbocycles. The Morgan fingerprint density at radius 3 is 2.69 bits per heavy atom. The third-order valence-corrected chi connectivity index (χ3v) is 5.09. The predicted molar refractivity (Wildman–Crippen MR) is 111 cm³/mol. The molecule has 0 fully saturated rings. The van der Waals surface area contributed by atoms with Crippen LogP contribution in [0.1, 0.15) is 10.4 Å². The molecule has 144 valence electrons. The van der Waals surface area contributed by atoms with Crippen LogP contribution in [0.5, 0.6) is 0 Å². The van der Waals surface area contributed by atoms with Crippen molar-refractivity contribution < 1.29 is 9.72 Å². The fourth-order valence-electron chi connectivity index (χ4n) is 2.68. The van der Waals surface area contributed by atoms with Gasteiger partial charge in [0.25, 0.3) is 11.6 Å². The summed E-state index contributed by atoms with van der Waals surface area (Å²) in [5.74, 6) is -0.484. The van der Waals surface area contributed by atoms with E-state index >= 15 is 0 Å². The molecule has 0 aliphatic rings. The zero-order chi connectivity index (χ0) is 20.4. The number of aromatic nitrogens is 3. The Balaban J connectivity index is 1.57. The van der Waals surface area contributed by atoms with Crippen LogP contribution in [-0.2, 0) is 0 Å². The van der Waals surface area contributed by atoms with E-state index in [1.54, 1.807) is 18.3 Å². The van der Waals surface area contributed by atoms with Crippen LogP contribution >= 0.6 is 22.9 Å². The third-order valence-electron chi connectivity index (χ3n) is 4.08. The molecule has 0 spiro atoms. The van der Waals surface area contributed by atoms with E-state index < -0.39 is 10.8 Å². The molecule has 2 heterocycles. The van der Waals surface area contributed by atoms with Gasteiger partial charge in [-0.1, -0.05) is 23.7 Å². The highest BCUT2D eigenvalue weighted by molar-refractivity contribution is 7.14. The van der Waals surface area contributed by atoms with Gasteiger partial charge in [0.2, 0.25) is 0 Å². The van der Waals surface area contributed by atoms with Crippen LogP contribution < -0.4 is 5.32 Å². The number of hydrogen-bond acceptors (Lipinski definition) is 6. The van der Waals surface area contributed by atoms with Gasteiger partial charge in [0.15, 0.2) is 5.13 Å². The van der Waals surface area contributed by atoms with Crippen LogP contribution in [0.15, 0.2) is 66.6 Å². The van der Waals surface area contributed by atoms with Gasteiger partial charge in [0, 0.05) is 40.0 Å². The molecular formula is C19H12ClN5O3S. The molecule has 4 rings (SSSR count). The Labute approximate surface area is 173 Å². The Morgan fingerprint density at radius 2 is 2.00 bits per heavy atom. The summed E-state index contributed by atoms with van der Waals surface area (Å²) in [5.41, 5.74) is 1.85. The zero-order valence-corrected chi connectivity index (χ0v) is 16.2. The number of nitro groups is 1. The van der Waals surface area contributed by atoms with Crippen LogP contribution in [0.4, 0.5) is 10.8 Å². The molecular weight excluding hydrogens is 414 g/mol. The van der Waals surface area contributed by atoms with Crippen molar-refractivity contribution in [2.24, 2.45) is 0 Å². The van der Waals surface area contributed by atoms with Gasteiger partial charge in [0.05, 0.1) is 16.9 Å². The fraction of sp³-hybridized carbons (Fsp3) is 0. The summed E-state index contributed by atoms with van der Waals surface area (Å²) in [4.78, 5) is 31.8. The smallest absolute Gasteiger partial charge is 0.294 e. The summed E-state index contributed by atoms with van der Waals surface area (Å²) >= 11 is 7.15. The van der Waals surface area contributed by atoms with Crippen molar-refractivity contribution in [3.8, 4) is 16.9 Å². The van der Waals surface area contributed by atoms with Gasteiger partial charge in [-0.2, -0.15) is 0 Å². The van der Waals surface area contributed by atoms with Gasteiger partial charge in [-0.15, -0.1) is 11.3 Å². The number of imidazole rings is 1. The van der Waals surface area contributed by atoms with E-state index in [-0.39, 0.29) is 11.3 Å². The van der Waals surface area contributed by atoms with Crippen molar-refractivity contribution in [2.75, 3.05) is 5.32 Å². The summed E-state index contributed by atoms with van der Waals surface area (Å²) in [6, 6.07) is 11.5. The first-order valence-electron chi connectivity index (χ1n) is 8.31. The second-order valence-corrected chi connectivity index (χ2v) is 7.22. The van der Waals surface area contributed by atoms with Gasteiger partial charge in [0.1, 0.15) is 5.69 Å². The maximum absolute atomic E-state index is 12.6. The van der Waals surface area contributed by atoms with Crippen molar-refractivity contribution in [1.29, 1.82) is 0 Å². The average Bonchev–Trinajstić information content (AvgIpc) is 3.40. The summed E-state index contributed by atoms with van der Waals surface area (Å²) in [5, 5.41) is 17.0. The molecule has 2 aromatic carbocycles. The first-order chi connectivity index (χ1) is 14.0. The molecule has 1 N–H and O–H groups in total. The lowest BCUT2D eigenvalue weighted by Gasteiger charge is -2.06. The maximum atomic E-state index is 12.6. The van der Waals surface area contributed by atoms with Crippen molar-refractivity contribution in [1.82, 2.24) is 14.5 Å². The molecule has 0 unspecified atom stereocenters. The number of amides is 1. The van der Waals surface area contributed by atoms with Gasteiger partial charge in [-0.05, 0) is 24.3 Å². The second-order valence-electron chi connectivity index (χ2n) is 5.93. The number of rotatable bonds is 5. The molecule has 1 amide bonds. The number of nitro benzene ring substituents is 1. The lowest BCUT2D eigenvalue weighted by Crippen LogP contribution is -2.12. The minimum absolute atomic E-state index is 0.156. The molecule has 10 heteroatoms. The number of carbonyl (C=O) groups excluding carboxylic acids is 1. The van der Waals surface area contributed by atoms with Crippen molar-refractivity contribution in [3.63, 3.8) is 0 Å². The summed E-state index contributed by atoms with van der Waals surface area (Å²) in [6.07, 6.45) is 4.57. The number of hydrogen-bond donors (Lipinski definition) is 1. The molecule has 2 aromatic heterocycles. The standard InChI is InChI=1S/C19H12ClN5O3S/c20-14-4-1-12(2-5-14)15-10-29-19(22-15)23-18(26)13-3-6-16(17(9-13)25(27)28)24-8-7-21-11-24/h1-11H,(H,22,23,26). The number of thiazole rings is 1. The van der Waals surface area contributed by atoms with Crippen LogP contribution in [0.25, 0.3) is 16.9 Å². The quantitative estimate of drug-likeness (QED) is 0.365. The number of halogens is 1. The van der Waals surface area contributed by atoms with Gasteiger partial charge < -0.3 is 4.57 Å². The van der Waals surface area contributed by atoms with Gasteiger partial charge in [-0.25, -0.2) is 9.97 Å². The highest BCUT2D eigenvalue weighted by Crippen LogP contribution is 2.28. The fourth-order valence-corrected chi connectivity index (χ4v) is 3.53. The molecule has 0 radical (unpaired) electrons. The monoisotopic (exact) mass is 425 g/mol. The van der Waals surface area contributed by atoms with Crippen molar-refractivity contribution in [2.45, 2.75) is 0 Å². The molecule has 8 nitrogen and oxygen atoms in total. The Bertz CT molecular complexity index is 1190. The van der Waals surface area contributed by atoms with Crippen molar-refractivity contribution in [3.05, 3.63) is 87.3 Å². The molecule has 0 atom stereocenters. The first-order valence-corrected chi connectivity index (χ1v) is 9.56. The topological polar surface area (TPSA) is 103 Å². The minimum Gasteiger partial charge on any atom is -0.300 e. The average molecular weight is 426 g/mol. The number of nitrogens with zero attached hydrogens (tertiary/aromatic N) is 4. The van der Waals surface area contributed by atoms with Gasteiger partial charge in [-0.3, -0.25) is 20.2 Å². The number of nitrogens with one attached hydrogen (secondary N) is 1. The summed E-state index contributed by atoms with van der Waals surface area (Å²) in [7, 11) is 0. The lowest BCUT2D eigenvalue weighted by atomic mass is 10.1. The highest BCUT2D eigenvalue weighted by atomic mass is 35.5. The van der Waals surface area contributed by atoms with Crippen molar-refractivity contribution >= 4 is 39.7 Å². The van der Waals surface area contributed by atoms with Crippen LogP contribution in [-0.4, -0.2) is 25.4 Å². The molecule has 0 bridgehead atoms. The van der Waals surface area contributed by atoms with Crippen LogP contribution in [0, 0.1) is 10.1 Å². The van der Waals surface area contributed by atoms with E-state index in [0.717, 1.165) is 5.56 Å². The molecule has 0 aliphatic carbocycles. The maximum Gasteiger partial charge on any atom is 0.294 e.